The summed E-state index contributed by atoms with van der Waals surface area (Å²) in [6.07, 6.45) is 11.7. The average molecular weight is 226 g/mol. The van der Waals surface area contributed by atoms with Gasteiger partial charge in [-0.15, -0.1) is 0 Å². The van der Waals surface area contributed by atoms with Gasteiger partial charge in [-0.3, -0.25) is 0 Å². The van der Waals surface area contributed by atoms with Crippen molar-refractivity contribution in [2.75, 3.05) is 7.11 Å². The molecule has 0 aliphatic heterocycles. The van der Waals surface area contributed by atoms with Gasteiger partial charge in [0.15, 0.2) is 6.10 Å². The van der Waals surface area contributed by atoms with E-state index in [2.05, 4.69) is 12.2 Å². The van der Waals surface area contributed by atoms with Crippen molar-refractivity contribution in [2.24, 2.45) is 5.92 Å². The van der Waals surface area contributed by atoms with E-state index in [1.165, 1.54) is 32.8 Å². The molecule has 1 saturated carbocycles. The van der Waals surface area contributed by atoms with Crippen molar-refractivity contribution in [3.63, 3.8) is 0 Å². The highest BCUT2D eigenvalue weighted by atomic mass is 16.5. The summed E-state index contributed by atoms with van der Waals surface area (Å²) in [4.78, 5) is 10.7. The van der Waals surface area contributed by atoms with Crippen molar-refractivity contribution in [1.82, 2.24) is 0 Å². The molecular weight excluding hydrogens is 204 g/mol. The van der Waals surface area contributed by atoms with Crippen LogP contribution < -0.4 is 0 Å². The van der Waals surface area contributed by atoms with Gasteiger partial charge in [-0.1, -0.05) is 25.0 Å². The second kappa shape index (κ2) is 7.44. The first-order valence-electron chi connectivity index (χ1n) is 6.16. The van der Waals surface area contributed by atoms with Gasteiger partial charge in [0.05, 0.1) is 0 Å². The molecule has 1 atom stereocenters. The predicted octanol–water partition coefficient (Wildman–Crippen LogP) is 3.00. The van der Waals surface area contributed by atoms with Crippen LogP contribution in [0.4, 0.5) is 0 Å². The van der Waals surface area contributed by atoms with Gasteiger partial charge < -0.3 is 9.84 Å². The van der Waals surface area contributed by atoms with Crippen LogP contribution in [0.25, 0.3) is 0 Å². The summed E-state index contributed by atoms with van der Waals surface area (Å²) in [5, 5.41) is 8.76. The Labute approximate surface area is 97.5 Å². The molecule has 0 aromatic heterocycles. The second-order valence-electron chi connectivity index (χ2n) is 4.47. The summed E-state index contributed by atoms with van der Waals surface area (Å²) < 4.78 is 4.87. The fourth-order valence-electron chi connectivity index (χ4n) is 2.20. The third-order valence-electron chi connectivity index (χ3n) is 3.21. The van der Waals surface area contributed by atoms with Crippen molar-refractivity contribution in [3.8, 4) is 0 Å². The van der Waals surface area contributed by atoms with Gasteiger partial charge in [-0.2, -0.15) is 0 Å². The van der Waals surface area contributed by atoms with Crippen LogP contribution in [0.15, 0.2) is 12.2 Å². The Balaban J connectivity index is 2.08. The van der Waals surface area contributed by atoms with Gasteiger partial charge in [0, 0.05) is 7.11 Å². The van der Waals surface area contributed by atoms with E-state index >= 15 is 0 Å². The molecule has 1 fully saturated rings. The van der Waals surface area contributed by atoms with Gasteiger partial charge in [0.2, 0.25) is 0 Å². The zero-order chi connectivity index (χ0) is 11.8. The molecule has 0 amide bonds. The number of rotatable bonds is 7. The van der Waals surface area contributed by atoms with Gasteiger partial charge in [-0.25, -0.2) is 4.79 Å². The average Bonchev–Trinajstić information content (AvgIpc) is 2.75. The predicted molar refractivity (Wildman–Crippen MR) is 63.4 cm³/mol. The highest BCUT2D eigenvalue weighted by molar-refractivity contribution is 5.72. The lowest BCUT2D eigenvalue weighted by Gasteiger charge is -2.08. The van der Waals surface area contributed by atoms with E-state index in [1.807, 2.05) is 0 Å². The van der Waals surface area contributed by atoms with Crippen molar-refractivity contribution in [1.29, 1.82) is 0 Å². The summed E-state index contributed by atoms with van der Waals surface area (Å²) in [5.74, 6) is -0.0834. The number of unbranched alkanes of at least 4 members (excludes halogenated alkanes) is 1. The Morgan fingerprint density at radius 3 is 2.75 bits per heavy atom. The number of aliphatic carboxylic acids is 1. The minimum Gasteiger partial charge on any atom is -0.479 e. The Hall–Kier alpha value is -0.830. The van der Waals surface area contributed by atoms with Crippen molar-refractivity contribution in [3.05, 3.63) is 12.2 Å². The topological polar surface area (TPSA) is 46.5 Å². The molecule has 3 nitrogen and oxygen atoms in total. The molecule has 0 heterocycles. The largest absolute Gasteiger partial charge is 0.479 e. The molecule has 0 unspecified atom stereocenters. The van der Waals surface area contributed by atoms with Crippen LogP contribution in [0.1, 0.15) is 44.9 Å². The van der Waals surface area contributed by atoms with Crippen LogP contribution in [-0.2, 0) is 9.53 Å². The summed E-state index contributed by atoms with van der Waals surface area (Å²) >= 11 is 0. The Kier molecular flexibility index (Phi) is 6.16. The summed E-state index contributed by atoms with van der Waals surface area (Å²) in [7, 11) is 1.45. The second-order valence-corrected chi connectivity index (χ2v) is 4.47. The molecule has 1 aliphatic rings. The third kappa shape index (κ3) is 4.79. The standard InChI is InChI=1S/C13H22O3/c1-16-12(13(14)15)10-4-2-3-7-11-8-5-6-9-11/h3,7,11-12H,2,4-6,8-10H2,1H3,(H,14,15)/b7-3+/t12-/m1/s1. The Morgan fingerprint density at radius 1 is 1.50 bits per heavy atom. The highest BCUT2D eigenvalue weighted by Gasteiger charge is 2.15. The smallest absolute Gasteiger partial charge is 0.332 e. The molecule has 0 aromatic carbocycles. The zero-order valence-electron chi connectivity index (χ0n) is 10.0. The van der Waals surface area contributed by atoms with E-state index in [0.29, 0.717) is 6.42 Å². The molecule has 0 saturated heterocycles. The van der Waals surface area contributed by atoms with Crippen LogP contribution in [0.2, 0.25) is 0 Å². The number of hydrogen-bond acceptors (Lipinski definition) is 2. The number of ether oxygens (including phenoxy) is 1. The lowest BCUT2D eigenvalue weighted by atomic mass is 10.1. The lowest BCUT2D eigenvalue weighted by Crippen LogP contribution is -2.21. The fraction of sp³-hybridized carbons (Fsp3) is 0.769. The molecule has 0 bridgehead atoms. The molecule has 0 radical (unpaired) electrons. The maximum Gasteiger partial charge on any atom is 0.332 e. The molecule has 1 N–H and O–H groups in total. The monoisotopic (exact) mass is 226 g/mol. The van der Waals surface area contributed by atoms with Crippen molar-refractivity contribution < 1.29 is 14.6 Å². The number of hydrogen-bond donors (Lipinski definition) is 1. The first-order chi connectivity index (χ1) is 7.74. The fourth-order valence-corrected chi connectivity index (χ4v) is 2.20. The number of carboxylic acids is 1. The van der Waals surface area contributed by atoms with Gasteiger partial charge >= 0.3 is 5.97 Å². The molecule has 0 spiro atoms. The minimum absolute atomic E-state index is 0.598. The minimum atomic E-state index is -0.859. The van der Waals surface area contributed by atoms with Crippen molar-refractivity contribution in [2.45, 2.75) is 51.0 Å². The van der Waals surface area contributed by atoms with Crippen LogP contribution >= 0.6 is 0 Å². The molecule has 3 heteroatoms. The Bertz CT molecular complexity index is 229. The van der Waals surface area contributed by atoms with Crippen molar-refractivity contribution >= 4 is 5.97 Å². The van der Waals surface area contributed by atoms with E-state index in [1.54, 1.807) is 0 Å². The van der Waals surface area contributed by atoms with Crippen LogP contribution in [0.3, 0.4) is 0 Å². The molecule has 1 aliphatic carbocycles. The zero-order valence-corrected chi connectivity index (χ0v) is 10.0. The highest BCUT2D eigenvalue weighted by Crippen LogP contribution is 2.25. The summed E-state index contributed by atoms with van der Waals surface area (Å²) in [6, 6.07) is 0. The molecular formula is C13H22O3. The van der Waals surface area contributed by atoms with Gasteiger partial charge in [-0.05, 0) is 38.0 Å². The maximum atomic E-state index is 10.7. The molecule has 92 valence electrons. The van der Waals surface area contributed by atoms with Gasteiger partial charge in [0.25, 0.3) is 0 Å². The van der Waals surface area contributed by atoms with Crippen LogP contribution in [0, 0.1) is 5.92 Å². The first kappa shape index (κ1) is 13.2. The number of methoxy groups -OCH3 is 1. The van der Waals surface area contributed by atoms with Crippen LogP contribution in [0.5, 0.6) is 0 Å². The Morgan fingerprint density at radius 2 is 2.19 bits per heavy atom. The first-order valence-corrected chi connectivity index (χ1v) is 6.16. The van der Waals surface area contributed by atoms with Crippen LogP contribution in [-0.4, -0.2) is 24.3 Å². The number of allylic oxidation sites excluding steroid dienone is 2. The molecule has 16 heavy (non-hydrogen) atoms. The van der Waals surface area contributed by atoms with Gasteiger partial charge in [0.1, 0.15) is 0 Å². The number of carbonyl (C=O) groups is 1. The maximum absolute atomic E-state index is 10.7. The SMILES string of the molecule is CO[C@H](CCC/C=C/C1CCCC1)C(=O)O. The van der Waals surface area contributed by atoms with E-state index < -0.39 is 12.1 Å². The summed E-state index contributed by atoms with van der Waals surface area (Å²) in [5.41, 5.74) is 0. The van der Waals surface area contributed by atoms with E-state index in [9.17, 15) is 4.79 Å². The van der Waals surface area contributed by atoms with E-state index in [0.717, 1.165) is 18.8 Å². The van der Waals surface area contributed by atoms with E-state index in [4.69, 9.17) is 9.84 Å². The lowest BCUT2D eigenvalue weighted by molar-refractivity contribution is -0.148. The number of carboxylic acid groups (broad SMARTS) is 1. The van der Waals surface area contributed by atoms with E-state index in [-0.39, 0.29) is 0 Å². The third-order valence-corrected chi connectivity index (χ3v) is 3.21. The molecule has 1 rings (SSSR count). The summed E-state index contributed by atoms with van der Waals surface area (Å²) in [6.45, 7) is 0. The quantitative estimate of drug-likeness (QED) is 0.536. The normalized spacial score (nSPS) is 19.3. The molecule has 0 aromatic rings.